The average Bonchev–Trinajstić information content (AvgIpc) is 2.05. The van der Waals surface area contributed by atoms with Crippen molar-refractivity contribution in [1.82, 2.24) is 0 Å². The van der Waals surface area contributed by atoms with Crippen LogP contribution in [-0.2, 0) is 0 Å². The van der Waals surface area contributed by atoms with Gasteiger partial charge in [0.1, 0.15) is 0 Å². The molecule has 0 heterocycles. The van der Waals surface area contributed by atoms with Gasteiger partial charge in [0.2, 0.25) is 0 Å². The molecule has 0 amide bonds. The Labute approximate surface area is 62.9 Å². The number of hydrogen-bond acceptors (Lipinski definition) is 0. The van der Waals surface area contributed by atoms with E-state index in [1.807, 2.05) is 0 Å². The van der Waals surface area contributed by atoms with Gasteiger partial charge >= 0.3 is 0 Å². The molecule has 1 rings (SSSR count). The second kappa shape index (κ2) is 3.40. The van der Waals surface area contributed by atoms with Gasteiger partial charge in [-0.15, -0.1) is 0 Å². The van der Waals surface area contributed by atoms with Gasteiger partial charge in [-0.3, -0.25) is 0 Å². The van der Waals surface area contributed by atoms with Crippen molar-refractivity contribution < 1.29 is 0 Å². The quantitative estimate of drug-likeness (QED) is 0.516. The zero-order valence-electron chi connectivity index (χ0n) is 6.72. The van der Waals surface area contributed by atoms with Gasteiger partial charge in [0, 0.05) is 0 Å². The Balaban J connectivity index is 2.72. The van der Waals surface area contributed by atoms with Crippen LogP contribution in [0.5, 0.6) is 0 Å². The molecule has 0 heteroatoms. The first-order valence-corrected chi connectivity index (χ1v) is 3.83. The third kappa shape index (κ3) is 1.60. The van der Waals surface area contributed by atoms with Gasteiger partial charge in [-0.05, 0) is 32.3 Å². The van der Waals surface area contributed by atoms with E-state index in [-0.39, 0.29) is 0 Å². The minimum atomic E-state index is 1.21. The second-order valence-electron chi connectivity index (χ2n) is 2.63. The van der Waals surface area contributed by atoms with Crippen molar-refractivity contribution in [3.05, 3.63) is 35.5 Å². The molecule has 0 unspecified atom stereocenters. The van der Waals surface area contributed by atoms with E-state index in [1.165, 1.54) is 24.0 Å². The molecule has 0 bridgehead atoms. The molecule has 0 aliphatic heterocycles. The van der Waals surface area contributed by atoms with Crippen LogP contribution in [0.3, 0.4) is 0 Å². The monoisotopic (exact) mass is 134 g/mol. The summed E-state index contributed by atoms with van der Waals surface area (Å²) in [6.45, 7) is 4.26. The molecular formula is C10H14. The van der Waals surface area contributed by atoms with E-state index in [0.29, 0.717) is 0 Å². The van der Waals surface area contributed by atoms with E-state index >= 15 is 0 Å². The van der Waals surface area contributed by atoms with Gasteiger partial charge in [0.15, 0.2) is 0 Å². The van der Waals surface area contributed by atoms with Crippen molar-refractivity contribution in [1.29, 1.82) is 0 Å². The third-order valence-electron chi connectivity index (χ3n) is 1.95. The summed E-state index contributed by atoms with van der Waals surface area (Å²) in [5, 5.41) is 0. The SMILES string of the molecule is CC=C(C)C1=CC=CCC1. The lowest BCUT2D eigenvalue weighted by Crippen LogP contribution is -1.87. The van der Waals surface area contributed by atoms with Crippen LogP contribution in [0.25, 0.3) is 0 Å². The maximum atomic E-state index is 2.21. The fourth-order valence-corrected chi connectivity index (χ4v) is 1.12. The van der Waals surface area contributed by atoms with Crippen molar-refractivity contribution in [3.63, 3.8) is 0 Å². The lowest BCUT2D eigenvalue weighted by atomic mass is 9.98. The highest BCUT2D eigenvalue weighted by Crippen LogP contribution is 2.18. The highest BCUT2D eigenvalue weighted by molar-refractivity contribution is 5.34. The second-order valence-corrected chi connectivity index (χ2v) is 2.63. The Morgan fingerprint density at radius 1 is 1.60 bits per heavy atom. The summed E-state index contributed by atoms with van der Waals surface area (Å²) in [6.07, 6.45) is 11.2. The molecule has 0 N–H and O–H groups in total. The molecule has 0 nitrogen and oxygen atoms in total. The molecular weight excluding hydrogens is 120 g/mol. The van der Waals surface area contributed by atoms with Crippen LogP contribution in [0, 0.1) is 0 Å². The van der Waals surface area contributed by atoms with Gasteiger partial charge in [-0.1, -0.05) is 29.9 Å². The molecule has 1 aliphatic carbocycles. The average molecular weight is 134 g/mol. The van der Waals surface area contributed by atoms with Crippen LogP contribution in [0.1, 0.15) is 26.7 Å². The van der Waals surface area contributed by atoms with Gasteiger partial charge in [-0.25, -0.2) is 0 Å². The minimum Gasteiger partial charge on any atom is -0.0844 e. The summed E-state index contributed by atoms with van der Waals surface area (Å²) in [5.41, 5.74) is 2.91. The molecule has 0 radical (unpaired) electrons. The van der Waals surface area contributed by atoms with E-state index in [1.54, 1.807) is 0 Å². The largest absolute Gasteiger partial charge is 0.0844 e. The van der Waals surface area contributed by atoms with Crippen LogP contribution < -0.4 is 0 Å². The van der Waals surface area contributed by atoms with Crippen molar-refractivity contribution in [2.75, 3.05) is 0 Å². The Morgan fingerprint density at radius 2 is 2.40 bits per heavy atom. The highest BCUT2D eigenvalue weighted by atomic mass is 14.0. The fourth-order valence-electron chi connectivity index (χ4n) is 1.12. The van der Waals surface area contributed by atoms with Crippen molar-refractivity contribution in [3.8, 4) is 0 Å². The highest BCUT2D eigenvalue weighted by Gasteiger charge is 1.99. The Kier molecular flexibility index (Phi) is 2.49. The molecule has 1 aliphatic rings. The molecule has 0 aromatic rings. The van der Waals surface area contributed by atoms with Crippen molar-refractivity contribution in [2.24, 2.45) is 0 Å². The molecule has 0 atom stereocenters. The van der Waals surface area contributed by atoms with E-state index in [0.717, 1.165) is 0 Å². The molecule has 0 fully saturated rings. The zero-order chi connectivity index (χ0) is 7.40. The first-order chi connectivity index (χ1) is 4.84. The normalized spacial score (nSPS) is 19.0. The van der Waals surface area contributed by atoms with Crippen LogP contribution in [0.15, 0.2) is 35.5 Å². The lowest BCUT2D eigenvalue weighted by molar-refractivity contribution is 0.967. The van der Waals surface area contributed by atoms with Crippen LogP contribution in [0.2, 0.25) is 0 Å². The number of allylic oxidation sites excluding steroid dienone is 6. The Morgan fingerprint density at radius 3 is 2.90 bits per heavy atom. The molecule has 0 aromatic heterocycles. The topological polar surface area (TPSA) is 0 Å². The Hall–Kier alpha value is -0.780. The van der Waals surface area contributed by atoms with Crippen LogP contribution >= 0.6 is 0 Å². The molecule has 0 saturated carbocycles. The lowest BCUT2D eigenvalue weighted by Gasteiger charge is -2.07. The third-order valence-corrected chi connectivity index (χ3v) is 1.95. The zero-order valence-corrected chi connectivity index (χ0v) is 6.72. The summed E-state index contributed by atoms with van der Waals surface area (Å²) in [4.78, 5) is 0. The maximum Gasteiger partial charge on any atom is -0.0242 e. The van der Waals surface area contributed by atoms with E-state index in [9.17, 15) is 0 Å². The van der Waals surface area contributed by atoms with E-state index in [2.05, 4.69) is 38.2 Å². The van der Waals surface area contributed by atoms with Gasteiger partial charge < -0.3 is 0 Å². The summed E-state index contributed by atoms with van der Waals surface area (Å²) < 4.78 is 0. The molecule has 54 valence electrons. The predicted molar refractivity (Wildman–Crippen MR) is 45.9 cm³/mol. The van der Waals surface area contributed by atoms with Gasteiger partial charge in [0.25, 0.3) is 0 Å². The summed E-state index contributed by atoms with van der Waals surface area (Å²) >= 11 is 0. The standard InChI is InChI=1S/C10H14/c1-3-9(2)10-7-5-4-6-8-10/h3-5,7H,6,8H2,1-2H3. The smallest absolute Gasteiger partial charge is 0.0242 e. The van der Waals surface area contributed by atoms with Crippen LogP contribution in [0.4, 0.5) is 0 Å². The summed E-state index contributed by atoms with van der Waals surface area (Å²) in [7, 11) is 0. The molecule has 10 heavy (non-hydrogen) atoms. The number of hydrogen-bond donors (Lipinski definition) is 0. The van der Waals surface area contributed by atoms with Crippen molar-refractivity contribution >= 4 is 0 Å². The van der Waals surface area contributed by atoms with E-state index < -0.39 is 0 Å². The predicted octanol–water partition coefficient (Wildman–Crippen LogP) is 3.23. The summed E-state index contributed by atoms with van der Waals surface area (Å²) in [5.74, 6) is 0. The molecule has 0 spiro atoms. The Bertz CT molecular complexity index is 192. The first kappa shape index (κ1) is 7.33. The molecule has 0 aromatic carbocycles. The van der Waals surface area contributed by atoms with Crippen LogP contribution in [-0.4, -0.2) is 0 Å². The van der Waals surface area contributed by atoms with Crippen molar-refractivity contribution in [2.45, 2.75) is 26.7 Å². The van der Waals surface area contributed by atoms with E-state index in [4.69, 9.17) is 0 Å². The maximum absolute atomic E-state index is 2.21. The minimum absolute atomic E-state index is 1.21. The number of rotatable bonds is 1. The van der Waals surface area contributed by atoms with Gasteiger partial charge in [-0.2, -0.15) is 0 Å². The van der Waals surface area contributed by atoms with Gasteiger partial charge in [0.05, 0.1) is 0 Å². The first-order valence-electron chi connectivity index (χ1n) is 3.83. The molecule has 0 saturated heterocycles. The fraction of sp³-hybridized carbons (Fsp3) is 0.400. The summed E-state index contributed by atoms with van der Waals surface area (Å²) in [6, 6.07) is 0.